The summed E-state index contributed by atoms with van der Waals surface area (Å²) in [5, 5.41) is 3.87. The second kappa shape index (κ2) is 7.42. The number of sulfonamides is 1. The highest BCUT2D eigenvalue weighted by molar-refractivity contribution is 7.91. The molecule has 1 saturated carbocycles. The lowest BCUT2D eigenvalue weighted by molar-refractivity contribution is 0.111. The fraction of sp³-hybridized carbons (Fsp3) is 0.611. The van der Waals surface area contributed by atoms with Crippen LogP contribution in [0, 0.1) is 6.92 Å². The minimum absolute atomic E-state index is 0.382. The highest BCUT2D eigenvalue weighted by atomic mass is 32.2. The van der Waals surface area contributed by atoms with Gasteiger partial charge in [0.15, 0.2) is 5.76 Å². The van der Waals surface area contributed by atoms with Crippen LogP contribution in [-0.4, -0.2) is 55.0 Å². The molecule has 4 rings (SSSR count). The lowest BCUT2D eigenvalue weighted by atomic mass is 9.94. The van der Waals surface area contributed by atoms with E-state index in [4.69, 9.17) is 4.52 Å². The molecule has 3 heterocycles. The summed E-state index contributed by atoms with van der Waals surface area (Å²) in [4.78, 5) is 3.28. The van der Waals surface area contributed by atoms with Crippen molar-refractivity contribution in [3.63, 3.8) is 0 Å². The summed E-state index contributed by atoms with van der Waals surface area (Å²) >= 11 is 1.25. The van der Waals surface area contributed by atoms with Gasteiger partial charge in [0.1, 0.15) is 4.21 Å². The van der Waals surface area contributed by atoms with Crippen LogP contribution in [0.1, 0.15) is 37.8 Å². The molecule has 8 heteroatoms. The number of nitrogens with zero attached hydrogens (tertiary/aromatic N) is 3. The predicted molar refractivity (Wildman–Crippen MR) is 102 cm³/mol. The molecule has 0 N–H and O–H groups in total. The molecule has 0 bridgehead atoms. The average Bonchev–Trinajstić information content (AvgIpc) is 3.32. The summed E-state index contributed by atoms with van der Waals surface area (Å²) in [6.07, 6.45) is 6.48. The monoisotopic (exact) mass is 395 g/mol. The van der Waals surface area contributed by atoms with E-state index in [0.717, 1.165) is 23.7 Å². The van der Waals surface area contributed by atoms with E-state index in [0.29, 0.717) is 29.1 Å². The largest absolute Gasteiger partial charge is 0.355 e. The van der Waals surface area contributed by atoms with Crippen LogP contribution in [0.3, 0.4) is 0 Å². The van der Waals surface area contributed by atoms with Crippen molar-refractivity contribution in [2.45, 2.75) is 49.3 Å². The van der Waals surface area contributed by atoms with E-state index in [1.807, 2.05) is 13.0 Å². The molecular formula is C18H25N3O3S2. The van der Waals surface area contributed by atoms with E-state index in [1.54, 1.807) is 16.4 Å². The van der Waals surface area contributed by atoms with Gasteiger partial charge in [0, 0.05) is 38.3 Å². The van der Waals surface area contributed by atoms with Gasteiger partial charge in [-0.2, -0.15) is 4.31 Å². The number of rotatable bonds is 4. The first-order valence-corrected chi connectivity index (χ1v) is 11.6. The van der Waals surface area contributed by atoms with Crippen molar-refractivity contribution in [1.82, 2.24) is 14.4 Å². The lowest BCUT2D eigenvalue weighted by Gasteiger charge is -2.40. The number of aromatic nitrogens is 1. The van der Waals surface area contributed by atoms with Gasteiger partial charge in [0.25, 0.3) is 10.0 Å². The second-order valence-corrected chi connectivity index (χ2v) is 10.4. The number of thiophene rings is 1. The Morgan fingerprint density at radius 2 is 1.85 bits per heavy atom. The van der Waals surface area contributed by atoms with Crippen molar-refractivity contribution in [1.29, 1.82) is 0 Å². The molecule has 0 unspecified atom stereocenters. The average molecular weight is 396 g/mol. The molecule has 26 heavy (non-hydrogen) atoms. The molecule has 2 aliphatic rings. The van der Waals surface area contributed by atoms with Crippen LogP contribution in [-0.2, 0) is 10.0 Å². The topological polar surface area (TPSA) is 66.7 Å². The van der Waals surface area contributed by atoms with Gasteiger partial charge >= 0.3 is 0 Å². The summed E-state index contributed by atoms with van der Waals surface area (Å²) < 4.78 is 33.2. The zero-order chi connectivity index (χ0) is 18.1. The Balaban J connectivity index is 1.43. The van der Waals surface area contributed by atoms with Crippen molar-refractivity contribution < 1.29 is 12.9 Å². The van der Waals surface area contributed by atoms with Gasteiger partial charge in [-0.25, -0.2) is 8.42 Å². The molecular weight excluding hydrogens is 370 g/mol. The first-order valence-electron chi connectivity index (χ1n) is 9.32. The Labute approximate surface area is 158 Å². The van der Waals surface area contributed by atoms with E-state index >= 15 is 0 Å². The van der Waals surface area contributed by atoms with Crippen molar-refractivity contribution in [2.75, 3.05) is 26.2 Å². The zero-order valence-electron chi connectivity index (χ0n) is 15.1. The molecule has 6 nitrogen and oxygen atoms in total. The quantitative estimate of drug-likeness (QED) is 0.794. The summed E-state index contributed by atoms with van der Waals surface area (Å²) in [5.41, 5.74) is 0.789. The Kier molecular flexibility index (Phi) is 5.18. The Morgan fingerprint density at radius 1 is 1.12 bits per heavy atom. The van der Waals surface area contributed by atoms with Crippen molar-refractivity contribution in [3.8, 4) is 10.6 Å². The van der Waals surface area contributed by atoms with Crippen LogP contribution in [0.5, 0.6) is 0 Å². The molecule has 1 aliphatic heterocycles. The van der Waals surface area contributed by atoms with Crippen molar-refractivity contribution in [3.05, 3.63) is 23.9 Å². The minimum Gasteiger partial charge on any atom is -0.355 e. The Hall–Kier alpha value is -1.22. The van der Waals surface area contributed by atoms with Gasteiger partial charge in [0.05, 0.1) is 10.6 Å². The first kappa shape index (κ1) is 18.2. The summed E-state index contributed by atoms with van der Waals surface area (Å²) in [6, 6.07) is 5.96. The molecule has 0 aromatic carbocycles. The van der Waals surface area contributed by atoms with Gasteiger partial charge in [-0.15, -0.1) is 11.3 Å². The molecule has 2 fully saturated rings. The smallest absolute Gasteiger partial charge is 0.252 e. The number of hydrogen-bond donors (Lipinski definition) is 0. The van der Waals surface area contributed by atoms with Crippen LogP contribution in [0.4, 0.5) is 0 Å². The van der Waals surface area contributed by atoms with E-state index in [9.17, 15) is 8.42 Å². The van der Waals surface area contributed by atoms with Crippen molar-refractivity contribution in [2.24, 2.45) is 0 Å². The highest BCUT2D eigenvalue weighted by Gasteiger charge is 2.32. The molecule has 0 amide bonds. The molecule has 2 aromatic rings. The maximum atomic E-state index is 13.0. The molecule has 0 atom stereocenters. The highest BCUT2D eigenvalue weighted by Crippen LogP contribution is 2.33. The normalized spacial score (nSPS) is 21.3. The van der Waals surface area contributed by atoms with E-state index in [1.165, 1.54) is 43.4 Å². The molecule has 142 valence electrons. The standard InChI is InChI=1S/C18H25N3O3S2/c1-14-13-16(24-19-14)17-7-8-18(25-17)26(22,23)21-11-9-20(10-12-21)15-5-3-2-4-6-15/h7-8,13,15H,2-6,9-12H2,1H3. The number of piperazine rings is 1. The third-order valence-corrected chi connectivity index (χ3v) is 8.88. The SMILES string of the molecule is Cc1cc(-c2ccc(S(=O)(=O)N3CCN(C4CCCCC4)CC3)s2)on1. The van der Waals surface area contributed by atoms with Gasteiger partial charge in [-0.05, 0) is 31.9 Å². The maximum Gasteiger partial charge on any atom is 0.252 e. The van der Waals surface area contributed by atoms with Crippen LogP contribution in [0.15, 0.2) is 26.9 Å². The molecule has 1 saturated heterocycles. The third-order valence-electron chi connectivity index (χ3n) is 5.41. The minimum atomic E-state index is -3.43. The van der Waals surface area contributed by atoms with E-state index in [-0.39, 0.29) is 0 Å². The predicted octanol–water partition coefficient (Wildman–Crippen LogP) is 3.35. The van der Waals surface area contributed by atoms with Gasteiger partial charge in [0.2, 0.25) is 0 Å². The fourth-order valence-corrected chi connectivity index (χ4v) is 6.78. The van der Waals surface area contributed by atoms with Crippen LogP contribution < -0.4 is 0 Å². The van der Waals surface area contributed by atoms with Gasteiger partial charge < -0.3 is 4.52 Å². The maximum absolute atomic E-state index is 13.0. The van der Waals surface area contributed by atoms with Crippen LogP contribution >= 0.6 is 11.3 Å². The van der Waals surface area contributed by atoms with Crippen LogP contribution in [0.25, 0.3) is 10.6 Å². The summed E-state index contributed by atoms with van der Waals surface area (Å²) in [5.74, 6) is 0.621. The third kappa shape index (κ3) is 3.60. The Bertz CT molecular complexity index is 845. The Morgan fingerprint density at radius 3 is 2.50 bits per heavy atom. The molecule has 0 radical (unpaired) electrons. The second-order valence-electron chi connectivity index (χ2n) is 7.18. The fourth-order valence-electron chi connectivity index (χ4n) is 3.95. The lowest BCUT2D eigenvalue weighted by Crippen LogP contribution is -2.52. The van der Waals surface area contributed by atoms with E-state index < -0.39 is 10.0 Å². The molecule has 2 aromatic heterocycles. The number of hydrogen-bond acceptors (Lipinski definition) is 6. The molecule has 0 spiro atoms. The summed E-state index contributed by atoms with van der Waals surface area (Å²) in [7, 11) is -3.43. The van der Waals surface area contributed by atoms with Crippen LogP contribution in [0.2, 0.25) is 0 Å². The zero-order valence-corrected chi connectivity index (χ0v) is 16.7. The first-order chi connectivity index (χ1) is 12.5. The van der Waals surface area contributed by atoms with Gasteiger partial charge in [-0.1, -0.05) is 24.4 Å². The number of aryl methyl sites for hydroxylation is 1. The van der Waals surface area contributed by atoms with Crippen molar-refractivity contribution >= 4 is 21.4 Å². The van der Waals surface area contributed by atoms with E-state index in [2.05, 4.69) is 10.1 Å². The molecule has 1 aliphatic carbocycles. The van der Waals surface area contributed by atoms with Gasteiger partial charge in [-0.3, -0.25) is 4.90 Å². The summed E-state index contributed by atoms with van der Waals surface area (Å²) in [6.45, 7) is 4.68.